The van der Waals surface area contributed by atoms with Gasteiger partial charge in [-0.05, 0) is 55.3 Å². The van der Waals surface area contributed by atoms with E-state index in [1.165, 1.54) is 25.5 Å². The van der Waals surface area contributed by atoms with E-state index in [4.69, 9.17) is 5.73 Å². The van der Waals surface area contributed by atoms with Crippen LogP contribution in [0.2, 0.25) is 0 Å². The first kappa shape index (κ1) is 11.9. The molecule has 5 atom stereocenters. The van der Waals surface area contributed by atoms with Crippen molar-refractivity contribution in [2.24, 2.45) is 28.9 Å². The molecule has 4 aliphatic rings. The van der Waals surface area contributed by atoms with Crippen LogP contribution in [0.3, 0.4) is 0 Å². The summed E-state index contributed by atoms with van der Waals surface area (Å²) < 4.78 is 25.2. The van der Waals surface area contributed by atoms with Gasteiger partial charge in [-0.2, -0.15) is 0 Å². The molecule has 3 N–H and O–H groups in total. The van der Waals surface area contributed by atoms with Crippen LogP contribution < -0.4 is 10.5 Å². The lowest BCUT2D eigenvalue weighted by atomic mass is 9.48. The molecule has 0 radical (unpaired) electrons. The van der Waals surface area contributed by atoms with Gasteiger partial charge in [0, 0.05) is 12.6 Å². The molecule has 5 heteroatoms. The van der Waals surface area contributed by atoms with Crippen molar-refractivity contribution in [3.63, 3.8) is 0 Å². The Hall–Kier alpha value is -0.130. The van der Waals surface area contributed by atoms with Crippen LogP contribution in [0.15, 0.2) is 0 Å². The van der Waals surface area contributed by atoms with E-state index in [0.717, 1.165) is 18.8 Å². The van der Waals surface area contributed by atoms with Crippen LogP contribution in [0.4, 0.5) is 0 Å². The third kappa shape index (κ3) is 2.13. The van der Waals surface area contributed by atoms with Crippen molar-refractivity contribution >= 4 is 10.0 Å². The highest BCUT2D eigenvalue weighted by molar-refractivity contribution is 7.88. The Bertz CT molecular complexity index is 404. The SMILES string of the molecule is CS(=O)(=O)NCC12CC3CC(C1)C(N)[C@@H](C3)C2. The molecule has 0 saturated heterocycles. The number of hydrogen-bond donors (Lipinski definition) is 2. The molecule has 4 aliphatic carbocycles. The molecule has 4 fully saturated rings. The standard InChI is InChI=1S/C12H22N2O2S/c1-17(15,16)14-7-12-4-8-2-9(5-12)11(13)10(3-8)6-12/h8-11,14H,2-7,13H2,1H3/t8?,9-,10?,11?,12?/m0/s1. The summed E-state index contributed by atoms with van der Waals surface area (Å²) in [7, 11) is -3.06. The zero-order valence-electron chi connectivity index (χ0n) is 10.4. The highest BCUT2D eigenvalue weighted by Crippen LogP contribution is 2.59. The van der Waals surface area contributed by atoms with E-state index in [9.17, 15) is 8.42 Å². The van der Waals surface area contributed by atoms with Gasteiger partial charge in [-0.3, -0.25) is 0 Å². The molecule has 0 aromatic rings. The van der Waals surface area contributed by atoms with E-state index in [1.54, 1.807) is 0 Å². The number of sulfonamides is 1. The molecule has 98 valence electrons. The minimum absolute atomic E-state index is 0.218. The van der Waals surface area contributed by atoms with Crippen molar-refractivity contribution < 1.29 is 8.42 Å². The average Bonchev–Trinajstić information content (AvgIpc) is 2.21. The van der Waals surface area contributed by atoms with Gasteiger partial charge in [0.05, 0.1) is 6.26 Å². The molecular formula is C12H22N2O2S. The summed E-state index contributed by atoms with van der Waals surface area (Å²) in [6, 6.07) is 0.373. The van der Waals surface area contributed by atoms with Crippen molar-refractivity contribution in [1.29, 1.82) is 0 Å². The van der Waals surface area contributed by atoms with Gasteiger partial charge in [0.25, 0.3) is 0 Å². The van der Waals surface area contributed by atoms with E-state index >= 15 is 0 Å². The summed E-state index contributed by atoms with van der Waals surface area (Å²) in [5.74, 6) is 2.08. The predicted octanol–water partition coefficient (Wildman–Crippen LogP) is 0.689. The van der Waals surface area contributed by atoms with Gasteiger partial charge in [-0.15, -0.1) is 0 Å². The van der Waals surface area contributed by atoms with Gasteiger partial charge in [0.15, 0.2) is 0 Å². The topological polar surface area (TPSA) is 72.2 Å². The summed E-state index contributed by atoms with van der Waals surface area (Å²) >= 11 is 0. The summed E-state index contributed by atoms with van der Waals surface area (Å²) in [5.41, 5.74) is 6.49. The van der Waals surface area contributed by atoms with Gasteiger partial charge < -0.3 is 5.73 Å². The smallest absolute Gasteiger partial charge is 0.208 e. The first-order chi connectivity index (χ1) is 7.87. The number of hydrogen-bond acceptors (Lipinski definition) is 3. The van der Waals surface area contributed by atoms with Gasteiger partial charge in [-0.1, -0.05) is 0 Å². The fraction of sp³-hybridized carbons (Fsp3) is 1.00. The number of nitrogens with two attached hydrogens (primary N) is 1. The first-order valence-electron chi connectivity index (χ1n) is 6.57. The van der Waals surface area contributed by atoms with Crippen LogP contribution in [-0.4, -0.2) is 27.3 Å². The largest absolute Gasteiger partial charge is 0.327 e. The van der Waals surface area contributed by atoms with Crippen molar-refractivity contribution in [3.8, 4) is 0 Å². The first-order valence-corrected chi connectivity index (χ1v) is 8.46. The molecule has 0 aromatic heterocycles. The molecular weight excluding hydrogens is 236 g/mol. The van der Waals surface area contributed by atoms with E-state index in [2.05, 4.69) is 4.72 Å². The lowest BCUT2D eigenvalue weighted by Crippen LogP contribution is -2.59. The second-order valence-electron chi connectivity index (χ2n) is 6.64. The Morgan fingerprint density at radius 1 is 1.24 bits per heavy atom. The molecule has 0 heterocycles. The molecule has 4 nitrogen and oxygen atoms in total. The quantitative estimate of drug-likeness (QED) is 0.782. The van der Waals surface area contributed by atoms with Crippen molar-refractivity contribution in [2.45, 2.75) is 38.1 Å². The number of rotatable bonds is 3. The van der Waals surface area contributed by atoms with Crippen molar-refractivity contribution in [2.75, 3.05) is 12.8 Å². The molecule has 0 amide bonds. The molecule has 4 bridgehead atoms. The Balaban J connectivity index is 1.76. The minimum atomic E-state index is -3.06. The van der Waals surface area contributed by atoms with Crippen LogP contribution in [0.25, 0.3) is 0 Å². The minimum Gasteiger partial charge on any atom is -0.327 e. The van der Waals surface area contributed by atoms with E-state index in [0.29, 0.717) is 24.4 Å². The maximum absolute atomic E-state index is 11.3. The zero-order chi connectivity index (χ0) is 12.3. The van der Waals surface area contributed by atoms with Crippen LogP contribution in [-0.2, 0) is 10.0 Å². The summed E-state index contributed by atoms with van der Waals surface area (Å²) in [5, 5.41) is 0. The Morgan fingerprint density at radius 2 is 1.82 bits per heavy atom. The second kappa shape index (κ2) is 3.68. The Morgan fingerprint density at radius 3 is 2.35 bits per heavy atom. The molecule has 0 aliphatic heterocycles. The van der Waals surface area contributed by atoms with E-state index < -0.39 is 10.0 Å². The molecule has 4 rings (SSSR count). The van der Waals surface area contributed by atoms with Crippen LogP contribution in [0, 0.1) is 23.2 Å². The molecule has 0 aromatic carbocycles. The van der Waals surface area contributed by atoms with Crippen molar-refractivity contribution in [1.82, 2.24) is 4.72 Å². The van der Waals surface area contributed by atoms with Gasteiger partial charge >= 0.3 is 0 Å². The molecule has 4 saturated carbocycles. The monoisotopic (exact) mass is 258 g/mol. The second-order valence-corrected chi connectivity index (χ2v) is 8.47. The lowest BCUT2D eigenvalue weighted by molar-refractivity contribution is -0.0629. The van der Waals surface area contributed by atoms with Gasteiger partial charge in [-0.25, -0.2) is 13.1 Å². The fourth-order valence-electron chi connectivity index (χ4n) is 4.73. The number of nitrogens with one attached hydrogen (secondary N) is 1. The third-order valence-corrected chi connectivity index (χ3v) is 5.85. The van der Waals surface area contributed by atoms with E-state index in [1.807, 2.05) is 0 Å². The highest BCUT2D eigenvalue weighted by Gasteiger charge is 2.54. The highest BCUT2D eigenvalue weighted by atomic mass is 32.2. The third-order valence-electron chi connectivity index (χ3n) is 5.18. The summed E-state index contributed by atoms with van der Waals surface area (Å²) in [4.78, 5) is 0. The average molecular weight is 258 g/mol. The molecule has 4 unspecified atom stereocenters. The van der Waals surface area contributed by atoms with Gasteiger partial charge in [0.2, 0.25) is 10.0 Å². The Labute approximate surface area is 103 Å². The van der Waals surface area contributed by atoms with Crippen LogP contribution in [0.1, 0.15) is 32.1 Å². The summed E-state index contributed by atoms with van der Waals surface area (Å²) in [6.45, 7) is 0.627. The Kier molecular flexibility index (Phi) is 2.58. The van der Waals surface area contributed by atoms with Gasteiger partial charge in [0.1, 0.15) is 0 Å². The normalized spacial score (nSPS) is 48.6. The fourth-order valence-corrected chi connectivity index (χ4v) is 5.30. The molecule has 17 heavy (non-hydrogen) atoms. The molecule has 0 spiro atoms. The van der Waals surface area contributed by atoms with Crippen molar-refractivity contribution in [3.05, 3.63) is 0 Å². The maximum atomic E-state index is 11.3. The lowest BCUT2D eigenvalue weighted by Gasteiger charge is -2.59. The van der Waals surface area contributed by atoms with Crippen LogP contribution >= 0.6 is 0 Å². The van der Waals surface area contributed by atoms with E-state index in [-0.39, 0.29) is 5.41 Å². The zero-order valence-corrected chi connectivity index (χ0v) is 11.2. The van der Waals surface area contributed by atoms with Crippen LogP contribution in [0.5, 0.6) is 0 Å². The summed E-state index contributed by atoms with van der Waals surface area (Å²) in [6.07, 6.45) is 7.26. The maximum Gasteiger partial charge on any atom is 0.208 e. The predicted molar refractivity (Wildman–Crippen MR) is 66.8 cm³/mol.